The second-order valence-corrected chi connectivity index (χ2v) is 5.85. The van der Waals surface area contributed by atoms with E-state index in [9.17, 15) is 0 Å². The van der Waals surface area contributed by atoms with E-state index in [0.29, 0.717) is 0 Å². The number of fused-ring (bicyclic) bond motifs is 4. The van der Waals surface area contributed by atoms with Crippen LogP contribution in [0.5, 0.6) is 0 Å². The van der Waals surface area contributed by atoms with Gasteiger partial charge in [-0.15, -0.1) is 0 Å². The molecule has 0 heterocycles. The maximum absolute atomic E-state index is 2.55. The van der Waals surface area contributed by atoms with Gasteiger partial charge >= 0.3 is 0 Å². The van der Waals surface area contributed by atoms with Gasteiger partial charge in [0, 0.05) is 0 Å². The summed E-state index contributed by atoms with van der Waals surface area (Å²) in [6.45, 7) is 4.72. The Balaban J connectivity index is 1.85. The summed E-state index contributed by atoms with van der Waals surface area (Å²) in [5.74, 6) is 4.24. The third kappa shape index (κ3) is 1.04. The number of allylic oxidation sites excluding steroid dienone is 2. The molecule has 3 saturated carbocycles. The number of rotatable bonds is 1. The predicted molar refractivity (Wildman–Crippen MR) is 55.3 cm³/mol. The van der Waals surface area contributed by atoms with Crippen molar-refractivity contribution in [3.8, 4) is 0 Å². The van der Waals surface area contributed by atoms with Crippen LogP contribution in [-0.4, -0.2) is 0 Å². The zero-order valence-electron chi connectivity index (χ0n) is 8.79. The highest BCUT2D eigenvalue weighted by molar-refractivity contribution is 5.12. The first kappa shape index (κ1) is 8.08. The molecular weight excluding hydrogens is 156 g/mol. The third-order valence-electron chi connectivity index (χ3n) is 4.90. The molecule has 4 unspecified atom stereocenters. The van der Waals surface area contributed by atoms with Crippen LogP contribution >= 0.6 is 0 Å². The summed E-state index contributed by atoms with van der Waals surface area (Å²) >= 11 is 0. The van der Waals surface area contributed by atoms with E-state index in [1.807, 2.05) is 0 Å². The Morgan fingerprint density at radius 3 is 2.77 bits per heavy atom. The number of hydrogen-bond acceptors (Lipinski definition) is 0. The molecule has 72 valence electrons. The van der Waals surface area contributed by atoms with Crippen molar-refractivity contribution in [2.75, 3.05) is 0 Å². The monoisotopic (exact) mass is 176 g/mol. The Morgan fingerprint density at radius 2 is 2.00 bits per heavy atom. The van der Waals surface area contributed by atoms with Gasteiger partial charge < -0.3 is 0 Å². The summed E-state index contributed by atoms with van der Waals surface area (Å²) in [5, 5.41) is 0. The van der Waals surface area contributed by atoms with E-state index >= 15 is 0 Å². The largest absolute Gasteiger partial charge is 0.0914 e. The third-order valence-corrected chi connectivity index (χ3v) is 4.90. The average Bonchev–Trinajstić information content (AvgIpc) is 2.78. The molecule has 0 aliphatic heterocycles. The van der Waals surface area contributed by atoms with Gasteiger partial charge in [0.15, 0.2) is 0 Å². The van der Waals surface area contributed by atoms with Crippen molar-refractivity contribution in [3.63, 3.8) is 0 Å². The van der Waals surface area contributed by atoms with Crippen molar-refractivity contribution >= 4 is 0 Å². The van der Waals surface area contributed by atoms with E-state index < -0.39 is 0 Å². The lowest BCUT2D eigenvalue weighted by Crippen LogP contribution is -2.19. The minimum absolute atomic E-state index is 0.748. The van der Waals surface area contributed by atoms with E-state index in [2.05, 4.69) is 26.0 Å². The fraction of sp³-hybridized carbons (Fsp3) is 0.846. The molecule has 0 saturated heterocycles. The van der Waals surface area contributed by atoms with Gasteiger partial charge in [0.1, 0.15) is 0 Å². The van der Waals surface area contributed by atoms with Crippen LogP contribution in [-0.2, 0) is 0 Å². The van der Waals surface area contributed by atoms with E-state index in [-0.39, 0.29) is 0 Å². The smallest absolute Gasteiger partial charge is 0.0200 e. The molecule has 0 amide bonds. The first-order chi connectivity index (χ1) is 6.23. The lowest BCUT2D eigenvalue weighted by Gasteiger charge is -2.28. The summed E-state index contributed by atoms with van der Waals surface area (Å²) in [5.41, 5.74) is 0.748. The van der Waals surface area contributed by atoms with Crippen molar-refractivity contribution in [3.05, 3.63) is 12.2 Å². The van der Waals surface area contributed by atoms with Crippen LogP contribution in [0.3, 0.4) is 0 Å². The van der Waals surface area contributed by atoms with Gasteiger partial charge in [-0.05, 0) is 61.7 Å². The fourth-order valence-corrected chi connectivity index (χ4v) is 4.32. The minimum atomic E-state index is 0.748. The molecule has 0 aromatic carbocycles. The molecule has 0 nitrogen and oxygen atoms in total. The molecule has 0 heteroatoms. The maximum atomic E-state index is 2.55. The van der Waals surface area contributed by atoms with Crippen molar-refractivity contribution < 1.29 is 0 Å². The van der Waals surface area contributed by atoms with Gasteiger partial charge in [-0.25, -0.2) is 0 Å². The Labute approximate surface area is 81.4 Å². The summed E-state index contributed by atoms with van der Waals surface area (Å²) in [7, 11) is 0. The van der Waals surface area contributed by atoms with Crippen LogP contribution in [0.25, 0.3) is 0 Å². The van der Waals surface area contributed by atoms with Gasteiger partial charge in [-0.1, -0.05) is 19.1 Å². The average molecular weight is 176 g/mol. The van der Waals surface area contributed by atoms with Gasteiger partial charge in [0.05, 0.1) is 0 Å². The normalized spacial score (nSPS) is 58.3. The second kappa shape index (κ2) is 2.40. The zero-order valence-corrected chi connectivity index (χ0v) is 8.79. The van der Waals surface area contributed by atoms with Crippen molar-refractivity contribution in [1.82, 2.24) is 0 Å². The topological polar surface area (TPSA) is 0 Å². The zero-order chi connectivity index (χ0) is 9.05. The lowest BCUT2D eigenvalue weighted by atomic mass is 9.77. The molecule has 2 bridgehead atoms. The van der Waals surface area contributed by atoms with E-state index in [1.165, 1.54) is 12.8 Å². The summed E-state index contributed by atoms with van der Waals surface area (Å²) < 4.78 is 0. The summed E-state index contributed by atoms with van der Waals surface area (Å²) in [4.78, 5) is 0. The van der Waals surface area contributed by atoms with Crippen LogP contribution in [0.2, 0.25) is 0 Å². The quantitative estimate of drug-likeness (QED) is 0.535. The van der Waals surface area contributed by atoms with Crippen LogP contribution in [0.15, 0.2) is 12.2 Å². The van der Waals surface area contributed by atoms with Crippen molar-refractivity contribution in [2.24, 2.45) is 29.1 Å². The molecular formula is C13H20. The van der Waals surface area contributed by atoms with Gasteiger partial charge in [0.2, 0.25) is 0 Å². The van der Waals surface area contributed by atoms with Gasteiger partial charge in [-0.3, -0.25) is 0 Å². The molecule has 3 aliphatic rings. The molecule has 0 aromatic rings. The molecule has 5 atom stereocenters. The second-order valence-electron chi connectivity index (χ2n) is 5.85. The highest BCUT2D eigenvalue weighted by atomic mass is 14.6. The van der Waals surface area contributed by atoms with Crippen LogP contribution in [0.1, 0.15) is 39.5 Å². The summed E-state index contributed by atoms with van der Waals surface area (Å²) in [6.07, 6.45) is 10.9. The van der Waals surface area contributed by atoms with E-state index in [0.717, 1.165) is 29.1 Å². The molecule has 0 radical (unpaired) electrons. The molecule has 3 fully saturated rings. The number of hydrogen-bond donors (Lipinski definition) is 0. The lowest BCUT2D eigenvalue weighted by molar-refractivity contribution is 0.215. The molecule has 3 rings (SSSR count). The Morgan fingerprint density at radius 1 is 1.15 bits per heavy atom. The highest BCUT2D eigenvalue weighted by Crippen LogP contribution is 2.68. The van der Waals surface area contributed by atoms with Crippen molar-refractivity contribution in [2.45, 2.75) is 39.5 Å². The Hall–Kier alpha value is -0.260. The minimum Gasteiger partial charge on any atom is -0.0914 e. The van der Waals surface area contributed by atoms with Gasteiger partial charge in [0.25, 0.3) is 0 Å². The van der Waals surface area contributed by atoms with E-state index in [1.54, 1.807) is 12.8 Å². The van der Waals surface area contributed by atoms with E-state index in [4.69, 9.17) is 0 Å². The molecule has 3 aliphatic carbocycles. The van der Waals surface area contributed by atoms with Crippen LogP contribution in [0, 0.1) is 29.1 Å². The highest BCUT2D eigenvalue weighted by Gasteiger charge is 2.59. The predicted octanol–water partition coefficient (Wildman–Crippen LogP) is 3.63. The van der Waals surface area contributed by atoms with Crippen LogP contribution in [0.4, 0.5) is 0 Å². The standard InChI is InChI=1S/C13H20/c1-3-4-9-7-13(2)8-11(9)5-10-6-12(10)13/h3-4,9-12H,5-8H2,1-2H3/b4-3+/t9?,10?,11?,12?,13-/m1/s1. The SMILES string of the molecule is C/C=C/C1C[C@]2(C)CC1CC1CC12. The molecule has 13 heavy (non-hydrogen) atoms. The van der Waals surface area contributed by atoms with Crippen molar-refractivity contribution in [1.29, 1.82) is 0 Å². The first-order valence-corrected chi connectivity index (χ1v) is 5.86. The van der Waals surface area contributed by atoms with Gasteiger partial charge in [-0.2, -0.15) is 0 Å². The molecule has 0 spiro atoms. The summed E-state index contributed by atoms with van der Waals surface area (Å²) in [6, 6.07) is 0. The first-order valence-electron chi connectivity index (χ1n) is 5.86. The Kier molecular flexibility index (Phi) is 1.49. The Bertz CT molecular complexity index is 253. The maximum Gasteiger partial charge on any atom is -0.0200 e. The molecule has 0 N–H and O–H groups in total. The van der Waals surface area contributed by atoms with Crippen LogP contribution < -0.4 is 0 Å². The fourth-order valence-electron chi connectivity index (χ4n) is 4.32. The molecule has 0 aromatic heterocycles.